The zero-order valence-corrected chi connectivity index (χ0v) is 13.3. The summed E-state index contributed by atoms with van der Waals surface area (Å²) in [7, 11) is 1.64. The number of nitrogens with zero attached hydrogens (tertiary/aromatic N) is 3. The number of hydrogen-bond acceptors (Lipinski definition) is 5. The van der Waals surface area contributed by atoms with Gasteiger partial charge in [0, 0.05) is 12.7 Å². The molecule has 0 saturated heterocycles. The second-order valence-electron chi connectivity index (χ2n) is 4.86. The van der Waals surface area contributed by atoms with Gasteiger partial charge in [0.05, 0.1) is 11.7 Å². The third-order valence-electron chi connectivity index (χ3n) is 3.17. The Kier molecular flexibility index (Phi) is 5.40. The summed E-state index contributed by atoms with van der Waals surface area (Å²) in [6.45, 7) is 0. The predicted octanol–water partition coefficient (Wildman–Crippen LogP) is 0.590. The molecular formula is C14H19N5O2S. The lowest BCUT2D eigenvalue weighted by Gasteiger charge is -2.11. The van der Waals surface area contributed by atoms with Crippen LogP contribution in [0.5, 0.6) is 0 Å². The predicted molar refractivity (Wildman–Crippen MR) is 88.4 cm³/mol. The molecule has 0 aliphatic heterocycles. The third kappa shape index (κ3) is 3.77. The van der Waals surface area contributed by atoms with Crippen molar-refractivity contribution < 1.29 is 4.79 Å². The quantitative estimate of drug-likeness (QED) is 0.812. The Morgan fingerprint density at radius 3 is 2.64 bits per heavy atom. The Morgan fingerprint density at radius 2 is 2.09 bits per heavy atom. The minimum Gasteiger partial charge on any atom is -0.325 e. The van der Waals surface area contributed by atoms with Crippen molar-refractivity contribution in [2.75, 3.05) is 17.3 Å². The van der Waals surface area contributed by atoms with E-state index in [4.69, 9.17) is 5.73 Å². The molecule has 118 valence electrons. The highest BCUT2D eigenvalue weighted by atomic mass is 32.2. The van der Waals surface area contributed by atoms with E-state index in [-0.39, 0.29) is 11.6 Å². The van der Waals surface area contributed by atoms with E-state index < -0.39 is 6.04 Å². The van der Waals surface area contributed by atoms with E-state index in [0.29, 0.717) is 17.8 Å². The van der Waals surface area contributed by atoms with Crippen LogP contribution in [0.1, 0.15) is 6.42 Å². The Bertz CT molecular complexity index is 692. The van der Waals surface area contributed by atoms with Crippen molar-refractivity contribution in [3.63, 3.8) is 0 Å². The van der Waals surface area contributed by atoms with Crippen LogP contribution in [-0.4, -0.2) is 38.3 Å². The number of nitrogens with one attached hydrogen (secondary N) is 1. The molecule has 0 radical (unpaired) electrons. The summed E-state index contributed by atoms with van der Waals surface area (Å²) < 4.78 is 2.68. The first-order valence-electron chi connectivity index (χ1n) is 6.79. The van der Waals surface area contributed by atoms with Crippen LogP contribution in [-0.2, 0) is 11.8 Å². The van der Waals surface area contributed by atoms with Crippen molar-refractivity contribution >= 4 is 23.4 Å². The van der Waals surface area contributed by atoms with Crippen LogP contribution in [0, 0.1) is 0 Å². The fourth-order valence-electron chi connectivity index (χ4n) is 1.85. The van der Waals surface area contributed by atoms with Gasteiger partial charge in [0.25, 0.3) is 0 Å². The molecule has 3 N–H and O–H groups in total. The Hall–Kier alpha value is -2.06. The fourth-order valence-corrected chi connectivity index (χ4v) is 2.34. The highest BCUT2D eigenvalue weighted by Crippen LogP contribution is 2.12. The van der Waals surface area contributed by atoms with Gasteiger partial charge in [-0.2, -0.15) is 21.5 Å². The molecular weight excluding hydrogens is 302 g/mol. The maximum atomic E-state index is 11.9. The molecule has 1 amide bonds. The summed E-state index contributed by atoms with van der Waals surface area (Å²) in [5.41, 5.74) is 6.86. The molecule has 0 saturated carbocycles. The first-order valence-corrected chi connectivity index (χ1v) is 8.19. The zero-order valence-electron chi connectivity index (χ0n) is 12.5. The number of anilines is 1. The van der Waals surface area contributed by atoms with Gasteiger partial charge in [-0.15, -0.1) is 0 Å². The monoisotopic (exact) mass is 321 g/mol. The molecule has 1 unspecified atom stereocenters. The van der Waals surface area contributed by atoms with Crippen LogP contribution in [0.2, 0.25) is 0 Å². The zero-order chi connectivity index (χ0) is 16.1. The molecule has 1 aromatic heterocycles. The summed E-state index contributed by atoms with van der Waals surface area (Å²) in [4.78, 5) is 23.7. The molecule has 2 rings (SSSR count). The summed E-state index contributed by atoms with van der Waals surface area (Å²) in [6, 6.07) is 6.35. The van der Waals surface area contributed by atoms with E-state index in [1.54, 1.807) is 43.1 Å². The van der Waals surface area contributed by atoms with Crippen LogP contribution >= 0.6 is 11.8 Å². The number of aryl methyl sites for hydroxylation is 1. The van der Waals surface area contributed by atoms with E-state index in [0.717, 1.165) is 5.75 Å². The lowest BCUT2D eigenvalue weighted by atomic mass is 10.2. The van der Waals surface area contributed by atoms with Gasteiger partial charge in [0.1, 0.15) is 6.33 Å². The molecule has 1 atom stereocenters. The number of rotatable bonds is 6. The molecule has 2 aromatic rings. The summed E-state index contributed by atoms with van der Waals surface area (Å²) in [5.74, 6) is 0.632. The number of aromatic nitrogens is 3. The number of hydrogen-bond donors (Lipinski definition) is 2. The number of thioether (sulfide) groups is 1. The van der Waals surface area contributed by atoms with Crippen LogP contribution in [0.4, 0.5) is 5.69 Å². The third-order valence-corrected chi connectivity index (χ3v) is 3.82. The fraction of sp³-hybridized carbons (Fsp3) is 0.357. The van der Waals surface area contributed by atoms with Crippen molar-refractivity contribution in [1.82, 2.24) is 14.3 Å². The Labute approximate surface area is 132 Å². The van der Waals surface area contributed by atoms with Crippen molar-refractivity contribution in [1.29, 1.82) is 0 Å². The second kappa shape index (κ2) is 7.28. The minimum absolute atomic E-state index is 0.211. The molecule has 0 aliphatic carbocycles. The largest absolute Gasteiger partial charge is 0.350 e. The first-order chi connectivity index (χ1) is 10.5. The van der Waals surface area contributed by atoms with Gasteiger partial charge in [-0.05, 0) is 42.7 Å². The second-order valence-corrected chi connectivity index (χ2v) is 5.85. The first kappa shape index (κ1) is 16.3. The van der Waals surface area contributed by atoms with Gasteiger partial charge in [-0.25, -0.2) is 4.79 Å². The van der Waals surface area contributed by atoms with E-state index in [2.05, 4.69) is 10.4 Å². The maximum Gasteiger partial charge on any atom is 0.350 e. The molecule has 22 heavy (non-hydrogen) atoms. The molecule has 8 heteroatoms. The normalized spacial score (nSPS) is 12.1. The van der Waals surface area contributed by atoms with Crippen LogP contribution < -0.4 is 16.7 Å². The average molecular weight is 321 g/mol. The van der Waals surface area contributed by atoms with Gasteiger partial charge in [0.2, 0.25) is 5.91 Å². The highest BCUT2D eigenvalue weighted by Gasteiger charge is 2.13. The lowest BCUT2D eigenvalue weighted by Crippen LogP contribution is -2.36. The van der Waals surface area contributed by atoms with E-state index in [9.17, 15) is 9.59 Å². The van der Waals surface area contributed by atoms with E-state index in [1.807, 2.05) is 6.26 Å². The number of carbonyl (C=O) groups is 1. The van der Waals surface area contributed by atoms with Gasteiger partial charge < -0.3 is 11.1 Å². The smallest absolute Gasteiger partial charge is 0.325 e. The van der Waals surface area contributed by atoms with Crippen LogP contribution in [0.25, 0.3) is 5.69 Å². The van der Waals surface area contributed by atoms with Crippen LogP contribution in [0.15, 0.2) is 35.4 Å². The Morgan fingerprint density at radius 1 is 1.41 bits per heavy atom. The molecule has 0 fully saturated rings. The topological polar surface area (TPSA) is 94.9 Å². The molecule has 1 heterocycles. The van der Waals surface area contributed by atoms with Gasteiger partial charge in [-0.1, -0.05) is 0 Å². The molecule has 7 nitrogen and oxygen atoms in total. The summed E-state index contributed by atoms with van der Waals surface area (Å²) in [5, 5.41) is 6.76. The van der Waals surface area contributed by atoms with E-state index in [1.165, 1.54) is 15.6 Å². The van der Waals surface area contributed by atoms with Crippen molar-refractivity contribution in [2.24, 2.45) is 12.8 Å². The molecule has 0 bridgehead atoms. The van der Waals surface area contributed by atoms with E-state index >= 15 is 0 Å². The van der Waals surface area contributed by atoms with Crippen LogP contribution in [0.3, 0.4) is 0 Å². The number of nitrogens with two attached hydrogens (primary N) is 1. The molecule has 0 aliphatic rings. The maximum absolute atomic E-state index is 11.9. The molecule has 0 spiro atoms. The number of carbonyl (C=O) groups excluding carboxylic acids is 1. The van der Waals surface area contributed by atoms with Gasteiger partial charge >= 0.3 is 5.69 Å². The minimum atomic E-state index is -0.523. The van der Waals surface area contributed by atoms with Crippen molar-refractivity contribution in [2.45, 2.75) is 12.5 Å². The van der Waals surface area contributed by atoms with Gasteiger partial charge in [0.15, 0.2) is 0 Å². The summed E-state index contributed by atoms with van der Waals surface area (Å²) >= 11 is 1.66. The Balaban J connectivity index is 2.05. The highest BCUT2D eigenvalue weighted by molar-refractivity contribution is 7.98. The molecule has 1 aromatic carbocycles. The van der Waals surface area contributed by atoms with Crippen molar-refractivity contribution in [3.05, 3.63) is 41.1 Å². The number of amides is 1. The average Bonchev–Trinajstić information content (AvgIpc) is 2.85. The lowest BCUT2D eigenvalue weighted by molar-refractivity contribution is -0.117. The van der Waals surface area contributed by atoms with Crippen molar-refractivity contribution in [3.8, 4) is 5.69 Å². The standard InChI is InChI=1S/C14H19N5O2S/c1-18-9-16-19(14(18)21)11-5-3-10(4-6-11)17-13(20)12(15)7-8-22-2/h3-6,9,12H,7-8,15H2,1-2H3,(H,17,20). The van der Waals surface area contributed by atoms with Gasteiger partial charge in [-0.3, -0.25) is 9.36 Å². The number of benzene rings is 1. The summed E-state index contributed by atoms with van der Waals surface area (Å²) in [6.07, 6.45) is 4.06. The SMILES string of the molecule is CSCCC(N)C(=O)Nc1ccc(-n2ncn(C)c2=O)cc1.